The zero-order valence-electron chi connectivity index (χ0n) is 11.7. The fourth-order valence-electron chi connectivity index (χ4n) is 1.60. The third-order valence-electron chi connectivity index (χ3n) is 2.75. The van der Waals surface area contributed by atoms with Gasteiger partial charge in [-0.1, -0.05) is 20.8 Å². The van der Waals surface area contributed by atoms with Crippen molar-refractivity contribution in [3.63, 3.8) is 0 Å². The van der Waals surface area contributed by atoms with Gasteiger partial charge in [-0.3, -0.25) is 0 Å². The number of hydrogen-bond acceptors (Lipinski definition) is 3. The average molecular weight is 288 g/mol. The first-order chi connectivity index (χ1) is 8.53. The minimum Gasteiger partial charge on any atom is -0.396 e. The molecule has 0 saturated carbocycles. The van der Waals surface area contributed by atoms with Crippen LogP contribution in [0.4, 0.5) is 10.1 Å². The Morgan fingerprint density at radius 3 is 2.42 bits per heavy atom. The molecule has 0 aliphatic heterocycles. The monoisotopic (exact) mass is 288 g/mol. The summed E-state index contributed by atoms with van der Waals surface area (Å²) in [5.41, 5.74) is 5.64. The summed E-state index contributed by atoms with van der Waals surface area (Å²) in [5.74, 6) is -0.605. The highest BCUT2D eigenvalue weighted by Gasteiger charge is 2.19. The summed E-state index contributed by atoms with van der Waals surface area (Å²) in [6.45, 7) is 7.97. The molecule has 0 heterocycles. The number of sulfonamides is 1. The van der Waals surface area contributed by atoms with Crippen molar-refractivity contribution in [1.29, 1.82) is 0 Å². The van der Waals surface area contributed by atoms with Crippen LogP contribution in [0.5, 0.6) is 0 Å². The second-order valence-corrected chi connectivity index (χ2v) is 7.58. The lowest BCUT2D eigenvalue weighted by Crippen LogP contribution is -2.28. The van der Waals surface area contributed by atoms with E-state index >= 15 is 0 Å². The van der Waals surface area contributed by atoms with Crippen molar-refractivity contribution in [1.82, 2.24) is 4.72 Å². The normalized spacial score (nSPS) is 12.7. The van der Waals surface area contributed by atoms with Crippen molar-refractivity contribution >= 4 is 15.7 Å². The van der Waals surface area contributed by atoms with Crippen LogP contribution < -0.4 is 10.5 Å². The van der Waals surface area contributed by atoms with Crippen molar-refractivity contribution < 1.29 is 12.8 Å². The number of halogens is 1. The Bertz CT molecular complexity index is 563. The van der Waals surface area contributed by atoms with Gasteiger partial charge in [0.25, 0.3) is 0 Å². The number of benzene rings is 1. The smallest absolute Gasteiger partial charge is 0.240 e. The molecule has 19 heavy (non-hydrogen) atoms. The van der Waals surface area contributed by atoms with E-state index in [1.54, 1.807) is 6.92 Å². The average Bonchev–Trinajstić information content (AvgIpc) is 2.20. The Morgan fingerprint density at radius 1 is 1.32 bits per heavy atom. The highest BCUT2D eigenvalue weighted by molar-refractivity contribution is 7.89. The van der Waals surface area contributed by atoms with E-state index in [0.29, 0.717) is 18.5 Å². The minimum absolute atomic E-state index is 0.0281. The third kappa shape index (κ3) is 4.47. The first-order valence-corrected chi connectivity index (χ1v) is 7.56. The van der Waals surface area contributed by atoms with Gasteiger partial charge >= 0.3 is 0 Å². The Kier molecular flexibility index (Phi) is 4.58. The van der Waals surface area contributed by atoms with Gasteiger partial charge < -0.3 is 5.73 Å². The van der Waals surface area contributed by atoms with Crippen LogP contribution in [0, 0.1) is 18.2 Å². The van der Waals surface area contributed by atoms with E-state index in [-0.39, 0.29) is 16.0 Å². The van der Waals surface area contributed by atoms with Gasteiger partial charge in [-0.2, -0.15) is 0 Å². The fourth-order valence-corrected chi connectivity index (χ4v) is 2.89. The third-order valence-corrected chi connectivity index (χ3v) is 4.35. The number of hydrogen-bond donors (Lipinski definition) is 2. The molecule has 0 fully saturated rings. The Labute approximate surface area is 114 Å². The molecule has 1 aromatic carbocycles. The molecule has 0 aliphatic rings. The number of aryl methyl sites for hydroxylation is 1. The summed E-state index contributed by atoms with van der Waals surface area (Å²) in [4.78, 5) is 0.0281. The van der Waals surface area contributed by atoms with E-state index in [4.69, 9.17) is 5.73 Å². The van der Waals surface area contributed by atoms with Crippen LogP contribution in [0.25, 0.3) is 0 Å². The number of nitrogens with one attached hydrogen (secondary N) is 1. The second kappa shape index (κ2) is 5.46. The van der Waals surface area contributed by atoms with E-state index in [1.807, 2.05) is 20.8 Å². The summed E-state index contributed by atoms with van der Waals surface area (Å²) >= 11 is 0. The maximum atomic E-state index is 13.2. The van der Waals surface area contributed by atoms with Gasteiger partial charge in [0, 0.05) is 6.54 Å². The lowest BCUT2D eigenvalue weighted by atomic mass is 9.93. The van der Waals surface area contributed by atoms with E-state index in [2.05, 4.69) is 4.72 Å². The standard InChI is InChI=1S/C13H21FN2O2S/c1-9-7-10(14)11(15)8-12(9)19(17,18)16-6-5-13(2,3)4/h7-8,16H,5-6,15H2,1-4H3. The Balaban J connectivity index is 2.92. The van der Waals surface area contributed by atoms with Gasteiger partial charge in [-0.25, -0.2) is 17.5 Å². The van der Waals surface area contributed by atoms with E-state index < -0.39 is 15.8 Å². The summed E-state index contributed by atoms with van der Waals surface area (Å²) in [6, 6.07) is 2.29. The summed E-state index contributed by atoms with van der Waals surface area (Å²) < 4.78 is 40.0. The highest BCUT2D eigenvalue weighted by Crippen LogP contribution is 2.22. The van der Waals surface area contributed by atoms with Crippen LogP contribution in [-0.2, 0) is 10.0 Å². The van der Waals surface area contributed by atoms with Gasteiger partial charge in [0.2, 0.25) is 10.0 Å². The van der Waals surface area contributed by atoms with E-state index in [1.165, 1.54) is 0 Å². The first-order valence-electron chi connectivity index (χ1n) is 6.08. The Hall–Kier alpha value is -1.14. The molecular formula is C13H21FN2O2S. The van der Waals surface area contributed by atoms with Crippen molar-refractivity contribution in [2.24, 2.45) is 5.41 Å². The molecule has 0 spiro atoms. The van der Waals surface area contributed by atoms with Gasteiger partial charge in [0.05, 0.1) is 10.6 Å². The van der Waals surface area contributed by atoms with Crippen LogP contribution in [0.2, 0.25) is 0 Å². The Morgan fingerprint density at radius 2 is 1.89 bits per heavy atom. The number of nitrogens with two attached hydrogens (primary N) is 1. The minimum atomic E-state index is -3.65. The van der Waals surface area contributed by atoms with Crippen LogP contribution in [0.15, 0.2) is 17.0 Å². The molecular weight excluding hydrogens is 267 g/mol. The first kappa shape index (κ1) is 15.9. The van der Waals surface area contributed by atoms with Crippen LogP contribution in [0.3, 0.4) is 0 Å². The summed E-state index contributed by atoms with van der Waals surface area (Å²) in [5, 5.41) is 0. The van der Waals surface area contributed by atoms with Crippen molar-refractivity contribution in [2.45, 2.75) is 39.0 Å². The van der Waals surface area contributed by atoms with Crippen LogP contribution in [-0.4, -0.2) is 15.0 Å². The zero-order valence-corrected chi connectivity index (χ0v) is 12.6. The molecule has 0 radical (unpaired) electrons. The molecule has 0 amide bonds. The maximum absolute atomic E-state index is 13.2. The fraction of sp³-hybridized carbons (Fsp3) is 0.538. The van der Waals surface area contributed by atoms with Gasteiger partial charge in [-0.15, -0.1) is 0 Å². The lowest BCUT2D eigenvalue weighted by molar-refractivity contribution is 0.378. The van der Waals surface area contributed by atoms with E-state index in [9.17, 15) is 12.8 Å². The molecule has 1 aromatic rings. The molecule has 3 N–H and O–H groups in total. The van der Waals surface area contributed by atoms with Crippen molar-refractivity contribution in [3.05, 3.63) is 23.5 Å². The molecule has 4 nitrogen and oxygen atoms in total. The molecule has 0 aromatic heterocycles. The largest absolute Gasteiger partial charge is 0.396 e. The van der Waals surface area contributed by atoms with E-state index in [0.717, 1.165) is 12.1 Å². The highest BCUT2D eigenvalue weighted by atomic mass is 32.2. The van der Waals surface area contributed by atoms with Crippen LogP contribution >= 0.6 is 0 Å². The number of nitrogen functional groups attached to an aromatic ring is 1. The predicted molar refractivity (Wildman–Crippen MR) is 74.8 cm³/mol. The lowest BCUT2D eigenvalue weighted by Gasteiger charge is -2.18. The molecule has 0 atom stereocenters. The summed E-state index contributed by atoms with van der Waals surface area (Å²) in [7, 11) is -3.65. The SMILES string of the molecule is Cc1cc(F)c(N)cc1S(=O)(=O)NCCC(C)(C)C. The van der Waals surface area contributed by atoms with Crippen molar-refractivity contribution in [3.8, 4) is 0 Å². The zero-order chi connectivity index (χ0) is 14.8. The predicted octanol–water partition coefficient (Wildman–Crippen LogP) is 2.43. The molecule has 6 heteroatoms. The van der Waals surface area contributed by atoms with Gasteiger partial charge in [-0.05, 0) is 36.5 Å². The number of rotatable bonds is 4. The topological polar surface area (TPSA) is 72.2 Å². The van der Waals surface area contributed by atoms with Gasteiger partial charge in [0.1, 0.15) is 5.82 Å². The molecule has 1 rings (SSSR count). The summed E-state index contributed by atoms with van der Waals surface area (Å²) in [6.07, 6.45) is 0.710. The second-order valence-electron chi connectivity index (χ2n) is 5.85. The van der Waals surface area contributed by atoms with Crippen molar-refractivity contribution in [2.75, 3.05) is 12.3 Å². The molecule has 0 saturated heterocycles. The quantitative estimate of drug-likeness (QED) is 0.836. The molecule has 0 aliphatic carbocycles. The number of anilines is 1. The van der Waals surface area contributed by atoms with Gasteiger partial charge in [0.15, 0.2) is 0 Å². The molecule has 0 unspecified atom stereocenters. The van der Waals surface area contributed by atoms with Crippen LogP contribution in [0.1, 0.15) is 32.8 Å². The molecule has 0 bridgehead atoms. The maximum Gasteiger partial charge on any atom is 0.240 e. The molecule has 108 valence electrons.